The molecule has 4 N–H and O–H groups in total. The molecule has 57 heavy (non-hydrogen) atoms. The summed E-state index contributed by atoms with van der Waals surface area (Å²) in [5, 5.41) is 18.8. The molecule has 0 spiro atoms. The number of amides is 4. The number of methoxy groups -OCH3 is 2. The Morgan fingerprint density at radius 3 is 2.11 bits per heavy atom. The number of nitrogens with zero attached hydrogens (tertiary/aromatic N) is 3. The van der Waals surface area contributed by atoms with E-state index >= 15 is 0 Å². The molecule has 14 heteroatoms. The maximum absolute atomic E-state index is 14.4. The van der Waals surface area contributed by atoms with Crippen LogP contribution in [-0.4, -0.2) is 147 Å². The number of hydrogen-bond donors (Lipinski definition) is 4. The molecule has 0 aliphatic carbocycles. The van der Waals surface area contributed by atoms with Gasteiger partial charge in [0.1, 0.15) is 12.1 Å². The lowest BCUT2D eigenvalue weighted by molar-refractivity contribution is -0.148. The van der Waals surface area contributed by atoms with E-state index in [9.17, 15) is 29.1 Å². The van der Waals surface area contributed by atoms with Gasteiger partial charge in [0.2, 0.25) is 23.6 Å². The molecule has 4 amide bonds. The Morgan fingerprint density at radius 2 is 1.58 bits per heavy atom. The Labute approximate surface area is 342 Å². The fourth-order valence-electron chi connectivity index (χ4n) is 8.29. The van der Waals surface area contributed by atoms with Crippen LogP contribution in [0.1, 0.15) is 86.1 Å². The second-order valence-electron chi connectivity index (χ2n) is 16.5. The van der Waals surface area contributed by atoms with Crippen LogP contribution in [0.3, 0.4) is 0 Å². The fourth-order valence-corrected chi connectivity index (χ4v) is 8.29. The molecule has 1 aromatic rings. The number of carbonyl (C=O) groups excluding carboxylic acids is 4. The minimum Gasteiger partial charge on any atom is -0.480 e. The molecule has 0 radical (unpaired) electrons. The van der Waals surface area contributed by atoms with E-state index in [0.29, 0.717) is 25.8 Å². The molecule has 0 bridgehead atoms. The Kier molecular flexibility index (Phi) is 21.2. The quantitative estimate of drug-likeness (QED) is 0.108. The number of nitrogens with one attached hydrogen (secondary N) is 3. The van der Waals surface area contributed by atoms with Crippen molar-refractivity contribution in [2.24, 2.45) is 23.7 Å². The van der Waals surface area contributed by atoms with Gasteiger partial charge < -0.3 is 40.3 Å². The second kappa shape index (κ2) is 24.4. The van der Waals surface area contributed by atoms with Crippen LogP contribution >= 0.6 is 0 Å². The zero-order valence-corrected chi connectivity index (χ0v) is 36.7. The SMILES string of the molecule is CC[C@H](C)[C@@H]([C@@H](CC(=O)N1CCC[C@H]1[C@H](OC)[C@@H](C)C(=O)N[C@@H](Cc1ccccc1)C(=O)O)OC)N(C)C(=O)[C@@H](NC(=O)[C@H](C(C)C)N(C)CCCNC)C(C)C. The molecule has 1 fully saturated rings. The zero-order valence-electron chi connectivity index (χ0n) is 36.7. The summed E-state index contributed by atoms with van der Waals surface area (Å²) in [5.74, 6) is -3.22. The average molecular weight is 803 g/mol. The van der Waals surface area contributed by atoms with Gasteiger partial charge >= 0.3 is 5.97 Å². The lowest BCUT2D eigenvalue weighted by Gasteiger charge is -2.41. The van der Waals surface area contributed by atoms with Crippen molar-refractivity contribution in [1.29, 1.82) is 0 Å². The van der Waals surface area contributed by atoms with Gasteiger partial charge in [-0.1, -0.05) is 85.2 Å². The van der Waals surface area contributed by atoms with Gasteiger partial charge in [-0.3, -0.25) is 24.1 Å². The molecule has 1 aliphatic heterocycles. The number of carboxylic acids is 1. The Morgan fingerprint density at radius 1 is 0.930 bits per heavy atom. The lowest BCUT2D eigenvalue weighted by atomic mass is 9.89. The molecule has 9 atom stereocenters. The Hall–Kier alpha value is -3.59. The molecule has 0 unspecified atom stereocenters. The first kappa shape index (κ1) is 49.6. The second-order valence-corrected chi connectivity index (χ2v) is 16.5. The molecule has 14 nitrogen and oxygen atoms in total. The van der Waals surface area contributed by atoms with Gasteiger partial charge in [0, 0.05) is 34.2 Å². The highest BCUT2D eigenvalue weighted by atomic mass is 16.5. The number of carbonyl (C=O) groups is 5. The van der Waals surface area contributed by atoms with Gasteiger partial charge in [-0.2, -0.15) is 0 Å². The highest BCUT2D eigenvalue weighted by Gasteiger charge is 2.43. The number of rotatable bonds is 25. The van der Waals surface area contributed by atoms with Crippen LogP contribution in [0.5, 0.6) is 0 Å². The van der Waals surface area contributed by atoms with Gasteiger partial charge in [-0.05, 0) is 69.8 Å². The minimum atomic E-state index is -1.14. The van der Waals surface area contributed by atoms with Crippen molar-refractivity contribution in [3.63, 3.8) is 0 Å². The predicted molar refractivity (Wildman–Crippen MR) is 222 cm³/mol. The Bertz CT molecular complexity index is 1410. The highest BCUT2D eigenvalue weighted by Crippen LogP contribution is 2.30. The van der Waals surface area contributed by atoms with Gasteiger partial charge in [-0.15, -0.1) is 0 Å². The van der Waals surface area contributed by atoms with Crippen molar-refractivity contribution in [1.82, 2.24) is 30.7 Å². The van der Waals surface area contributed by atoms with Crippen LogP contribution in [0.25, 0.3) is 0 Å². The Balaban J connectivity index is 2.27. The van der Waals surface area contributed by atoms with E-state index in [1.54, 1.807) is 30.9 Å². The molecular formula is C43H74N6O8. The van der Waals surface area contributed by atoms with Gasteiger partial charge in [0.15, 0.2) is 0 Å². The van der Waals surface area contributed by atoms with Crippen LogP contribution in [0.4, 0.5) is 0 Å². The van der Waals surface area contributed by atoms with Gasteiger partial charge in [0.05, 0.1) is 42.7 Å². The van der Waals surface area contributed by atoms with Crippen molar-refractivity contribution >= 4 is 29.6 Å². The van der Waals surface area contributed by atoms with Gasteiger partial charge in [0.25, 0.3) is 0 Å². The van der Waals surface area contributed by atoms with Crippen molar-refractivity contribution in [3.8, 4) is 0 Å². The van der Waals surface area contributed by atoms with E-state index < -0.39 is 60.2 Å². The molecule has 1 aromatic carbocycles. The lowest BCUT2D eigenvalue weighted by Crippen LogP contribution is -2.60. The topological polar surface area (TPSA) is 170 Å². The van der Waals surface area contributed by atoms with Crippen molar-refractivity contribution in [3.05, 3.63) is 35.9 Å². The van der Waals surface area contributed by atoms with Crippen molar-refractivity contribution < 1.29 is 38.6 Å². The summed E-state index contributed by atoms with van der Waals surface area (Å²) >= 11 is 0. The third kappa shape index (κ3) is 14.0. The molecule has 324 valence electrons. The van der Waals surface area contributed by atoms with Crippen LogP contribution in [0, 0.1) is 23.7 Å². The van der Waals surface area contributed by atoms with Crippen LogP contribution < -0.4 is 16.0 Å². The van der Waals surface area contributed by atoms with E-state index in [-0.39, 0.29) is 48.3 Å². The van der Waals surface area contributed by atoms with Gasteiger partial charge in [-0.25, -0.2) is 4.79 Å². The standard InChI is InChI=1S/C43H74N6O8/c1-13-29(6)38(48(10)42(53)36(27(2)3)46-41(52)37(28(4)5)47(9)23-18-22-44-8)34(56-11)26-35(50)49-24-17-21-33(49)39(57-12)30(7)40(51)45-32(43(54)55)25-31-19-15-14-16-20-31/h14-16,19-20,27-30,32-34,36-39,44H,13,17-18,21-26H2,1-12H3,(H,45,51)(H,46,52)(H,54,55)/t29-,30+,32-,33-,34+,36-,37-,38-,39+/m0/s1. The number of carboxylic acid groups (broad SMARTS) is 1. The fraction of sp³-hybridized carbons (Fsp3) is 0.744. The number of likely N-dealkylation sites (N-methyl/N-ethyl adjacent to an activating group) is 2. The largest absolute Gasteiger partial charge is 0.480 e. The molecule has 1 heterocycles. The van der Waals surface area contributed by atoms with Crippen molar-refractivity contribution in [2.45, 2.75) is 129 Å². The van der Waals surface area contributed by atoms with E-state index in [0.717, 1.165) is 25.1 Å². The summed E-state index contributed by atoms with van der Waals surface area (Å²) in [4.78, 5) is 73.6. The zero-order chi connectivity index (χ0) is 43.0. The monoisotopic (exact) mass is 803 g/mol. The molecular weight excluding hydrogens is 729 g/mol. The maximum atomic E-state index is 14.4. The molecule has 2 rings (SSSR count). The number of hydrogen-bond acceptors (Lipinski definition) is 9. The number of benzene rings is 1. The normalized spacial score (nSPS) is 18.7. The highest BCUT2D eigenvalue weighted by molar-refractivity contribution is 5.90. The average Bonchev–Trinajstić information content (AvgIpc) is 3.66. The summed E-state index contributed by atoms with van der Waals surface area (Å²) in [6.45, 7) is 15.6. The minimum absolute atomic E-state index is 0.0135. The summed E-state index contributed by atoms with van der Waals surface area (Å²) < 4.78 is 11.9. The van der Waals surface area contributed by atoms with Crippen LogP contribution in [-0.2, 0) is 39.9 Å². The molecule has 1 saturated heterocycles. The van der Waals surface area contributed by atoms with Crippen LogP contribution in [0.2, 0.25) is 0 Å². The third-order valence-electron chi connectivity index (χ3n) is 11.7. The van der Waals surface area contributed by atoms with E-state index in [1.165, 1.54) is 7.11 Å². The molecule has 0 saturated carbocycles. The van der Waals surface area contributed by atoms with E-state index in [4.69, 9.17) is 9.47 Å². The van der Waals surface area contributed by atoms with E-state index in [2.05, 4.69) is 16.0 Å². The predicted octanol–water partition coefficient (Wildman–Crippen LogP) is 3.43. The van der Waals surface area contributed by atoms with E-state index in [1.807, 2.05) is 90.9 Å². The molecule has 0 aromatic heterocycles. The maximum Gasteiger partial charge on any atom is 0.326 e. The third-order valence-corrected chi connectivity index (χ3v) is 11.7. The molecule has 1 aliphatic rings. The number of likely N-dealkylation sites (tertiary alicyclic amines) is 1. The number of aliphatic carboxylic acids is 1. The van der Waals surface area contributed by atoms with Crippen LogP contribution in [0.15, 0.2) is 30.3 Å². The smallest absolute Gasteiger partial charge is 0.326 e. The first-order valence-electron chi connectivity index (χ1n) is 20.8. The van der Waals surface area contributed by atoms with Crippen molar-refractivity contribution in [2.75, 3.05) is 55.0 Å². The summed E-state index contributed by atoms with van der Waals surface area (Å²) in [6.07, 6.45) is 1.68. The number of ether oxygens (including phenoxy) is 2. The first-order valence-corrected chi connectivity index (χ1v) is 20.8. The summed E-state index contributed by atoms with van der Waals surface area (Å²) in [5.41, 5.74) is 0.785. The summed E-state index contributed by atoms with van der Waals surface area (Å²) in [7, 11) is 8.61. The first-order chi connectivity index (χ1) is 26.9. The summed E-state index contributed by atoms with van der Waals surface area (Å²) in [6, 6.07) is 5.86.